The maximum Gasteiger partial charge on any atom is 0.229 e. The number of nitrogens with zero attached hydrogens (tertiary/aromatic N) is 1. The Hall–Kier alpha value is -1.65. The summed E-state index contributed by atoms with van der Waals surface area (Å²) in [5.41, 5.74) is 0. The van der Waals surface area contributed by atoms with E-state index < -0.39 is 0 Å². The van der Waals surface area contributed by atoms with Crippen LogP contribution in [0.4, 0.5) is 0 Å². The zero-order valence-corrected chi connectivity index (χ0v) is 10.6. The largest absolute Gasteiger partial charge is 0.353 e. The molecule has 1 N–H and O–H groups in total. The molecule has 1 rings (SSSR count). The topological polar surface area (TPSA) is 66.5 Å². The number of carbonyl (C=O) groups excluding carboxylic acids is 3. The van der Waals surface area contributed by atoms with Gasteiger partial charge in [0, 0.05) is 32.4 Å². The van der Waals surface area contributed by atoms with E-state index in [9.17, 15) is 14.4 Å². The van der Waals surface area contributed by atoms with Crippen LogP contribution in [-0.4, -0.2) is 35.7 Å². The first-order chi connectivity index (χ1) is 8.65. The van der Waals surface area contributed by atoms with E-state index in [0.717, 1.165) is 19.3 Å². The average molecular weight is 252 g/mol. The van der Waals surface area contributed by atoms with E-state index in [-0.39, 0.29) is 17.7 Å². The van der Waals surface area contributed by atoms with E-state index in [0.29, 0.717) is 32.4 Å². The molecule has 0 aromatic heterocycles. The molecule has 0 atom stereocenters. The molecule has 0 saturated carbocycles. The quantitative estimate of drug-likeness (QED) is 0.398. The Morgan fingerprint density at radius 2 is 1.89 bits per heavy atom. The maximum absolute atomic E-state index is 11.3. The van der Waals surface area contributed by atoms with Crippen LogP contribution in [0.25, 0.3) is 0 Å². The van der Waals surface area contributed by atoms with Gasteiger partial charge in [0.25, 0.3) is 0 Å². The zero-order chi connectivity index (χ0) is 13.4. The van der Waals surface area contributed by atoms with Gasteiger partial charge in [-0.1, -0.05) is 12.5 Å². The van der Waals surface area contributed by atoms with E-state index in [2.05, 4.69) is 11.9 Å². The van der Waals surface area contributed by atoms with Crippen molar-refractivity contribution in [2.75, 3.05) is 13.1 Å². The van der Waals surface area contributed by atoms with E-state index in [1.54, 1.807) is 6.08 Å². The Labute approximate surface area is 107 Å². The third kappa shape index (κ3) is 4.69. The Bertz CT molecular complexity index is 323. The maximum atomic E-state index is 11.3. The van der Waals surface area contributed by atoms with Crippen molar-refractivity contribution in [1.82, 2.24) is 10.2 Å². The van der Waals surface area contributed by atoms with Gasteiger partial charge in [0.15, 0.2) is 0 Å². The monoisotopic (exact) mass is 252 g/mol. The third-order valence-electron chi connectivity index (χ3n) is 2.88. The summed E-state index contributed by atoms with van der Waals surface area (Å²) in [5, 5.41) is 2.70. The van der Waals surface area contributed by atoms with Crippen LogP contribution in [0.1, 0.15) is 38.5 Å². The summed E-state index contributed by atoms with van der Waals surface area (Å²) >= 11 is 0. The van der Waals surface area contributed by atoms with Gasteiger partial charge in [0.1, 0.15) is 0 Å². The van der Waals surface area contributed by atoms with Crippen LogP contribution in [0, 0.1) is 0 Å². The van der Waals surface area contributed by atoms with Gasteiger partial charge < -0.3 is 5.32 Å². The standard InChI is InChI=1S/C13H20N2O3/c1-2-9-14-11(16)6-4-3-5-10-15-12(17)7-8-13(15)18/h2H,1,3-10H2,(H,14,16). The molecular weight excluding hydrogens is 232 g/mol. The van der Waals surface area contributed by atoms with Crippen molar-refractivity contribution in [3.8, 4) is 0 Å². The van der Waals surface area contributed by atoms with Crippen molar-refractivity contribution >= 4 is 17.7 Å². The summed E-state index contributed by atoms with van der Waals surface area (Å²) in [6.07, 6.45) is 5.22. The first-order valence-electron chi connectivity index (χ1n) is 6.36. The highest BCUT2D eigenvalue weighted by Crippen LogP contribution is 2.13. The van der Waals surface area contributed by atoms with Crippen molar-refractivity contribution in [3.05, 3.63) is 12.7 Å². The molecule has 1 aliphatic heterocycles. The minimum Gasteiger partial charge on any atom is -0.353 e. The number of amides is 3. The molecule has 5 nitrogen and oxygen atoms in total. The summed E-state index contributed by atoms with van der Waals surface area (Å²) in [7, 11) is 0. The molecule has 0 aromatic carbocycles. The average Bonchev–Trinajstić information content (AvgIpc) is 2.67. The van der Waals surface area contributed by atoms with Gasteiger partial charge in [-0.3, -0.25) is 19.3 Å². The number of rotatable bonds is 8. The smallest absolute Gasteiger partial charge is 0.229 e. The van der Waals surface area contributed by atoms with Crippen LogP contribution in [0.2, 0.25) is 0 Å². The van der Waals surface area contributed by atoms with Crippen molar-refractivity contribution in [3.63, 3.8) is 0 Å². The van der Waals surface area contributed by atoms with Gasteiger partial charge in [-0.05, 0) is 12.8 Å². The normalized spacial score (nSPS) is 15.0. The van der Waals surface area contributed by atoms with Crippen LogP contribution in [-0.2, 0) is 14.4 Å². The van der Waals surface area contributed by atoms with Crippen LogP contribution in [0.3, 0.4) is 0 Å². The highest BCUT2D eigenvalue weighted by molar-refractivity contribution is 6.01. The van der Waals surface area contributed by atoms with Crippen LogP contribution < -0.4 is 5.32 Å². The van der Waals surface area contributed by atoms with Gasteiger partial charge in [-0.25, -0.2) is 0 Å². The number of hydrogen-bond donors (Lipinski definition) is 1. The Morgan fingerprint density at radius 3 is 2.50 bits per heavy atom. The number of imide groups is 1. The first kappa shape index (κ1) is 14.4. The third-order valence-corrected chi connectivity index (χ3v) is 2.88. The Morgan fingerprint density at radius 1 is 1.22 bits per heavy atom. The van der Waals surface area contributed by atoms with E-state index in [1.807, 2.05) is 0 Å². The van der Waals surface area contributed by atoms with Crippen molar-refractivity contribution < 1.29 is 14.4 Å². The molecule has 5 heteroatoms. The lowest BCUT2D eigenvalue weighted by atomic mass is 10.2. The lowest BCUT2D eigenvalue weighted by Crippen LogP contribution is -2.30. The molecule has 0 radical (unpaired) electrons. The van der Waals surface area contributed by atoms with Gasteiger partial charge in [-0.2, -0.15) is 0 Å². The Balaban J connectivity index is 2.05. The molecule has 0 aromatic rings. The highest BCUT2D eigenvalue weighted by Gasteiger charge is 2.27. The Kier molecular flexibility index (Phi) is 6.11. The predicted octanol–water partition coefficient (Wildman–Crippen LogP) is 0.998. The molecule has 3 amide bonds. The van der Waals surface area contributed by atoms with Crippen molar-refractivity contribution in [2.45, 2.75) is 38.5 Å². The summed E-state index contributed by atoms with van der Waals surface area (Å²) in [5.74, 6) is -0.115. The fourth-order valence-electron chi connectivity index (χ4n) is 1.88. The molecule has 0 aliphatic carbocycles. The molecule has 1 heterocycles. The number of hydrogen-bond acceptors (Lipinski definition) is 3. The molecule has 0 bridgehead atoms. The SMILES string of the molecule is C=CCNC(=O)CCCCCN1C(=O)CCC1=O. The van der Waals surface area contributed by atoms with Crippen LogP contribution in [0.15, 0.2) is 12.7 Å². The van der Waals surface area contributed by atoms with Crippen molar-refractivity contribution in [1.29, 1.82) is 0 Å². The summed E-state index contributed by atoms with van der Waals surface area (Å²) in [6, 6.07) is 0. The molecular formula is C13H20N2O3. The number of carbonyl (C=O) groups is 3. The first-order valence-corrected chi connectivity index (χ1v) is 6.36. The molecule has 0 spiro atoms. The molecule has 18 heavy (non-hydrogen) atoms. The van der Waals surface area contributed by atoms with Gasteiger partial charge >= 0.3 is 0 Å². The summed E-state index contributed by atoms with van der Waals surface area (Å²) < 4.78 is 0. The fourth-order valence-corrected chi connectivity index (χ4v) is 1.88. The van der Waals surface area contributed by atoms with E-state index in [1.165, 1.54) is 4.90 Å². The van der Waals surface area contributed by atoms with Gasteiger partial charge in [-0.15, -0.1) is 6.58 Å². The second-order valence-electron chi connectivity index (χ2n) is 4.34. The molecule has 1 aliphatic rings. The van der Waals surface area contributed by atoms with E-state index >= 15 is 0 Å². The van der Waals surface area contributed by atoms with Gasteiger partial charge in [0.05, 0.1) is 0 Å². The lowest BCUT2D eigenvalue weighted by molar-refractivity contribution is -0.138. The minimum atomic E-state index is -0.0660. The predicted molar refractivity (Wildman–Crippen MR) is 67.6 cm³/mol. The van der Waals surface area contributed by atoms with E-state index in [4.69, 9.17) is 0 Å². The summed E-state index contributed by atoms with van der Waals surface area (Å²) in [4.78, 5) is 35.2. The summed E-state index contributed by atoms with van der Waals surface area (Å²) in [6.45, 7) is 4.50. The van der Waals surface area contributed by atoms with Gasteiger partial charge in [0.2, 0.25) is 17.7 Å². The minimum absolute atomic E-state index is 0.0169. The molecule has 1 fully saturated rings. The lowest BCUT2D eigenvalue weighted by Gasteiger charge is -2.12. The zero-order valence-electron chi connectivity index (χ0n) is 10.6. The fraction of sp³-hybridized carbons (Fsp3) is 0.615. The van der Waals surface area contributed by atoms with Crippen LogP contribution in [0.5, 0.6) is 0 Å². The second-order valence-corrected chi connectivity index (χ2v) is 4.34. The molecule has 0 unspecified atom stereocenters. The molecule has 100 valence electrons. The highest BCUT2D eigenvalue weighted by atomic mass is 16.2. The van der Waals surface area contributed by atoms with Crippen molar-refractivity contribution in [2.24, 2.45) is 0 Å². The second kappa shape index (κ2) is 7.63. The number of unbranched alkanes of at least 4 members (excludes halogenated alkanes) is 2. The van der Waals surface area contributed by atoms with Crippen LogP contribution >= 0.6 is 0 Å². The number of likely N-dealkylation sites (tertiary alicyclic amines) is 1. The molecule has 1 saturated heterocycles. The number of nitrogens with one attached hydrogen (secondary N) is 1.